The zero-order chi connectivity index (χ0) is 59.3. The molecule has 0 radical (unpaired) electrons. The molecule has 0 N–H and O–H groups in total. The quantitative estimate of drug-likeness (QED) is 0.0364. The van der Waals surface area contributed by atoms with Gasteiger partial charge in [-0.25, -0.2) is 0 Å². The van der Waals surface area contributed by atoms with E-state index in [0.29, 0.717) is 47.9 Å². The fraction of sp³-hybridized carbons (Fsp3) is 0.568. The molecule has 4 nitrogen and oxygen atoms in total. The molecule has 4 atom stereocenters. The van der Waals surface area contributed by atoms with Crippen LogP contribution in [0, 0.1) is 37.5 Å². The fourth-order valence-electron chi connectivity index (χ4n) is 13.5. The van der Waals surface area contributed by atoms with Crippen LogP contribution in [0.25, 0.3) is 62.2 Å². The summed E-state index contributed by atoms with van der Waals surface area (Å²) in [6.07, 6.45) is 31.1. The first kappa shape index (κ1) is 64.8. The number of carbonyl (C=O) groups is 2. The second-order valence-corrected chi connectivity index (χ2v) is 32.1. The van der Waals surface area contributed by atoms with Crippen LogP contribution in [0.3, 0.4) is 0 Å². The van der Waals surface area contributed by atoms with E-state index in [0.717, 1.165) is 85.4 Å². The molecule has 0 aliphatic carbocycles. The molecular formula is C74H100N2O2S6. The van der Waals surface area contributed by atoms with E-state index in [2.05, 4.69) is 140 Å². The van der Waals surface area contributed by atoms with Gasteiger partial charge in [-0.15, -0.1) is 68.0 Å². The number of fused-ring (bicyclic) bond motifs is 3. The van der Waals surface area contributed by atoms with Gasteiger partial charge in [0.2, 0.25) is 0 Å². The van der Waals surface area contributed by atoms with Crippen LogP contribution in [0.15, 0.2) is 71.8 Å². The first-order valence-corrected chi connectivity index (χ1v) is 38.3. The van der Waals surface area contributed by atoms with Crippen LogP contribution in [-0.2, 0) is 22.4 Å². The van der Waals surface area contributed by atoms with E-state index >= 15 is 9.59 Å². The van der Waals surface area contributed by atoms with Gasteiger partial charge in [0.15, 0.2) is 0 Å². The van der Waals surface area contributed by atoms with Crippen LogP contribution in [-0.4, -0.2) is 34.7 Å². The van der Waals surface area contributed by atoms with Crippen molar-refractivity contribution in [1.29, 1.82) is 0 Å². The molecule has 9 rings (SSSR count). The summed E-state index contributed by atoms with van der Waals surface area (Å²) >= 11 is 11.5. The van der Waals surface area contributed by atoms with Crippen LogP contribution >= 0.6 is 68.0 Å². The first-order valence-electron chi connectivity index (χ1n) is 33.4. The highest BCUT2D eigenvalue weighted by Gasteiger charge is 2.50. The molecule has 2 amide bonds. The Hall–Kier alpha value is -3.64. The summed E-state index contributed by atoms with van der Waals surface area (Å²) in [7, 11) is 0. The van der Waals surface area contributed by atoms with Crippen molar-refractivity contribution in [2.45, 2.75) is 236 Å². The molecule has 8 heterocycles. The molecule has 6 aromatic heterocycles. The van der Waals surface area contributed by atoms with E-state index in [1.54, 1.807) is 22.7 Å². The second kappa shape index (κ2) is 31.5. The SMILES string of the molecule is CCCCCCC(CCCC)CN1C(=O)C2=C(c3ccc(-c4cc5c(-c6ccc(CC(CC)CCCC)s6)c6sc(C)cc6c(-c6ccc(CC(CC)CCCC)s6)c5s4)s3)N(CC(CCCC)CCCCCC)C(=O)C2=C1c1ccc(C)s1. The standard InChI is InChI=1S/C74H100N2O2S6/c1-11-19-25-27-33-53(31-23-15-5)47-75-69(62-38-35-49(9)79-62)67-68(74(75)78)70(76(73(67)77)48-54(32-24-16-6)34-28-26-20-12-2)63-42-41-59(83-63)64-46-58-66(61-40-37-56(82-61)45-52(18-8)30-22-14-4)71-57(43-50(10)80-71)65(72(58)84-64)60-39-36-55(81-60)44-51(17-7)29-21-13-3/h35-43,46,51-54H,11-34,44-45,47-48H2,1-10H3. The summed E-state index contributed by atoms with van der Waals surface area (Å²) in [5.74, 6) is 2.22. The molecule has 2 aliphatic rings. The number of amides is 2. The molecule has 0 spiro atoms. The Balaban J connectivity index is 1.20. The van der Waals surface area contributed by atoms with Crippen molar-refractivity contribution in [1.82, 2.24) is 9.80 Å². The number of aryl methyl sites for hydroxylation is 2. The van der Waals surface area contributed by atoms with Gasteiger partial charge in [-0.2, -0.15) is 0 Å². The van der Waals surface area contributed by atoms with Crippen molar-refractivity contribution < 1.29 is 9.59 Å². The lowest BCUT2D eigenvalue weighted by Gasteiger charge is -2.29. The Morgan fingerprint density at radius 3 is 1.25 bits per heavy atom. The summed E-state index contributed by atoms with van der Waals surface area (Å²) in [6, 6.07) is 23.7. The van der Waals surface area contributed by atoms with Gasteiger partial charge in [0.1, 0.15) is 0 Å². The van der Waals surface area contributed by atoms with Gasteiger partial charge in [0.05, 0.1) is 32.3 Å². The summed E-state index contributed by atoms with van der Waals surface area (Å²) in [6.45, 7) is 24.3. The molecular weight excluding hydrogens is 1140 g/mol. The first-order chi connectivity index (χ1) is 41.0. The minimum atomic E-state index is 0.0262. The molecule has 2 aliphatic heterocycles. The van der Waals surface area contributed by atoms with Gasteiger partial charge in [-0.3, -0.25) is 9.59 Å². The monoisotopic (exact) mass is 1240 g/mol. The predicted molar refractivity (Wildman–Crippen MR) is 376 cm³/mol. The Labute approximate surface area is 531 Å². The van der Waals surface area contributed by atoms with Gasteiger partial charge in [-0.1, -0.05) is 184 Å². The Kier molecular flexibility index (Phi) is 24.3. The minimum absolute atomic E-state index is 0.0262. The highest BCUT2D eigenvalue weighted by atomic mass is 32.1. The van der Waals surface area contributed by atoms with E-state index in [1.807, 2.05) is 45.3 Å². The summed E-state index contributed by atoms with van der Waals surface area (Å²) < 4.78 is 2.77. The molecule has 0 fully saturated rings. The summed E-state index contributed by atoms with van der Waals surface area (Å²) in [5, 5.41) is 2.73. The van der Waals surface area contributed by atoms with E-state index in [-0.39, 0.29) is 11.8 Å². The van der Waals surface area contributed by atoms with Crippen LogP contribution in [0.5, 0.6) is 0 Å². The zero-order valence-electron chi connectivity index (χ0n) is 53.0. The van der Waals surface area contributed by atoms with Crippen molar-refractivity contribution in [3.8, 4) is 30.6 Å². The lowest BCUT2D eigenvalue weighted by Crippen LogP contribution is -2.34. The van der Waals surface area contributed by atoms with Crippen LogP contribution in [0.2, 0.25) is 0 Å². The van der Waals surface area contributed by atoms with Gasteiger partial charge in [-0.05, 0) is 137 Å². The average Bonchev–Trinajstić information content (AvgIpc) is 1.65. The van der Waals surface area contributed by atoms with Crippen molar-refractivity contribution in [2.75, 3.05) is 13.1 Å². The van der Waals surface area contributed by atoms with Crippen molar-refractivity contribution in [2.24, 2.45) is 23.7 Å². The number of carbonyl (C=O) groups excluding carboxylic acids is 2. The Morgan fingerprint density at radius 2 is 0.786 bits per heavy atom. The molecule has 4 unspecified atom stereocenters. The highest BCUT2D eigenvalue weighted by Crippen LogP contribution is 2.55. The molecule has 10 heteroatoms. The molecule has 0 bridgehead atoms. The van der Waals surface area contributed by atoms with E-state index in [9.17, 15) is 0 Å². The predicted octanol–water partition coefficient (Wildman–Crippen LogP) is 24.9. The number of rotatable bonds is 37. The molecule has 7 aromatic rings. The minimum Gasteiger partial charge on any atom is -0.306 e. The number of benzene rings is 1. The third-order valence-electron chi connectivity index (χ3n) is 18.4. The number of thiophene rings is 6. The third-order valence-corrected chi connectivity index (χ3v) is 25.2. The lowest BCUT2D eigenvalue weighted by atomic mass is 9.94. The van der Waals surface area contributed by atoms with Gasteiger partial charge in [0, 0.05) is 83.4 Å². The zero-order valence-corrected chi connectivity index (χ0v) is 57.9. The average molecular weight is 1240 g/mol. The normalized spacial score (nSPS) is 15.4. The van der Waals surface area contributed by atoms with Gasteiger partial charge >= 0.3 is 0 Å². The van der Waals surface area contributed by atoms with Crippen LogP contribution in [0.4, 0.5) is 0 Å². The second-order valence-electron chi connectivity index (χ2n) is 25.0. The smallest absolute Gasteiger partial charge is 0.261 e. The number of hydrogen-bond acceptors (Lipinski definition) is 8. The summed E-state index contributed by atoms with van der Waals surface area (Å²) in [5.41, 5.74) is 5.80. The van der Waals surface area contributed by atoms with Crippen molar-refractivity contribution in [3.05, 3.63) is 101 Å². The lowest BCUT2D eigenvalue weighted by molar-refractivity contribution is -0.124. The Bertz CT molecular complexity index is 3220. The molecule has 454 valence electrons. The molecule has 84 heavy (non-hydrogen) atoms. The topological polar surface area (TPSA) is 40.6 Å². The number of nitrogens with zero attached hydrogens (tertiary/aromatic N) is 2. The highest BCUT2D eigenvalue weighted by molar-refractivity contribution is 7.28. The number of unbranched alkanes of at least 4 members (excludes halogenated alkanes) is 10. The van der Waals surface area contributed by atoms with E-state index < -0.39 is 0 Å². The molecule has 0 saturated heterocycles. The molecule has 0 saturated carbocycles. The van der Waals surface area contributed by atoms with Gasteiger partial charge in [0.25, 0.3) is 11.8 Å². The van der Waals surface area contributed by atoms with E-state index in [1.165, 1.54) is 173 Å². The third kappa shape index (κ3) is 15.1. The maximum Gasteiger partial charge on any atom is 0.261 e. The van der Waals surface area contributed by atoms with Crippen LogP contribution in [0.1, 0.15) is 239 Å². The largest absolute Gasteiger partial charge is 0.306 e. The van der Waals surface area contributed by atoms with Gasteiger partial charge < -0.3 is 9.80 Å². The van der Waals surface area contributed by atoms with Crippen molar-refractivity contribution >= 4 is 111 Å². The maximum atomic E-state index is 15.9. The van der Waals surface area contributed by atoms with Crippen molar-refractivity contribution in [3.63, 3.8) is 0 Å². The number of hydrogen-bond donors (Lipinski definition) is 0. The van der Waals surface area contributed by atoms with E-state index in [4.69, 9.17) is 0 Å². The van der Waals surface area contributed by atoms with Crippen LogP contribution < -0.4 is 0 Å². The molecule has 1 aromatic carbocycles. The maximum absolute atomic E-state index is 15.9. The Morgan fingerprint density at radius 1 is 0.369 bits per heavy atom. The summed E-state index contributed by atoms with van der Waals surface area (Å²) in [4.78, 5) is 48.9. The fourth-order valence-corrected chi connectivity index (χ4v) is 20.4.